The van der Waals surface area contributed by atoms with Crippen molar-refractivity contribution in [3.8, 4) is 0 Å². The molecule has 0 fully saturated rings. The Kier molecular flexibility index (Phi) is 2.17. The Morgan fingerprint density at radius 2 is 1.82 bits per heavy atom. The van der Waals surface area contributed by atoms with E-state index in [4.69, 9.17) is 0 Å². The Morgan fingerprint density at radius 1 is 1.18 bits per heavy atom. The number of hydrogen-bond acceptors (Lipinski definition) is 0. The van der Waals surface area contributed by atoms with Gasteiger partial charge in [-0.05, 0) is 17.9 Å². The maximum Gasteiger partial charge on any atom is 0.100 e. The van der Waals surface area contributed by atoms with Crippen LogP contribution in [0.4, 0.5) is 4.39 Å². The molecule has 1 heteroatoms. The fourth-order valence-electron chi connectivity index (χ4n) is 1.24. The Hall–Kier alpha value is -0.590. The molecule has 0 amide bonds. The summed E-state index contributed by atoms with van der Waals surface area (Å²) in [7, 11) is 0. The molecule has 0 saturated heterocycles. The summed E-state index contributed by atoms with van der Waals surface area (Å²) in [6.07, 6.45) is 4.97. The van der Waals surface area contributed by atoms with E-state index < -0.39 is 0 Å². The van der Waals surface area contributed by atoms with Gasteiger partial charge in [0, 0.05) is 6.42 Å². The average Bonchev–Trinajstić information content (AvgIpc) is 1.86. The largest absolute Gasteiger partial charge is 0.212 e. The highest BCUT2D eigenvalue weighted by molar-refractivity contribution is 5.24. The van der Waals surface area contributed by atoms with Crippen LogP contribution in [0.3, 0.4) is 0 Å². The lowest BCUT2D eigenvalue weighted by Gasteiger charge is -2.24. The van der Waals surface area contributed by atoms with E-state index in [-0.39, 0.29) is 11.2 Å². The van der Waals surface area contributed by atoms with Gasteiger partial charge in [0.1, 0.15) is 5.83 Å². The molecule has 0 atom stereocenters. The lowest BCUT2D eigenvalue weighted by atomic mass is 9.82. The predicted octanol–water partition coefficient (Wildman–Crippen LogP) is 3.61. The number of allylic oxidation sites excluding steroid dienone is 4. The molecular formula is C10H15F. The van der Waals surface area contributed by atoms with E-state index in [1.54, 1.807) is 6.08 Å². The van der Waals surface area contributed by atoms with Crippen LogP contribution in [-0.4, -0.2) is 0 Å². The topological polar surface area (TPSA) is 0 Å². The lowest BCUT2D eigenvalue weighted by molar-refractivity contribution is 0.465. The highest BCUT2D eigenvalue weighted by atomic mass is 19.1. The van der Waals surface area contributed by atoms with Crippen molar-refractivity contribution in [3.05, 3.63) is 23.6 Å². The van der Waals surface area contributed by atoms with Gasteiger partial charge in [-0.2, -0.15) is 0 Å². The number of rotatable bonds is 0. The van der Waals surface area contributed by atoms with Gasteiger partial charge in [0.15, 0.2) is 0 Å². The molecule has 0 aromatic heterocycles. The van der Waals surface area contributed by atoms with Gasteiger partial charge in [-0.3, -0.25) is 0 Å². The normalized spacial score (nSPS) is 19.3. The van der Waals surface area contributed by atoms with Crippen LogP contribution in [0.25, 0.3) is 0 Å². The van der Waals surface area contributed by atoms with Gasteiger partial charge in [0.05, 0.1) is 0 Å². The second kappa shape index (κ2) is 2.80. The van der Waals surface area contributed by atoms with Gasteiger partial charge in [-0.25, -0.2) is 4.39 Å². The summed E-state index contributed by atoms with van der Waals surface area (Å²) < 4.78 is 12.6. The maximum atomic E-state index is 12.6. The van der Waals surface area contributed by atoms with Crippen molar-refractivity contribution in [3.63, 3.8) is 0 Å². The van der Waals surface area contributed by atoms with Gasteiger partial charge < -0.3 is 0 Å². The highest BCUT2D eigenvalue weighted by Gasteiger charge is 2.18. The molecule has 0 N–H and O–H groups in total. The standard InChI is InChI=1S/C10H15F/c1-10(2,3)8-4-6-9(11)7-5-8/h4,6H,5,7H2,1-3H3. The van der Waals surface area contributed by atoms with Crippen LogP contribution in [0.15, 0.2) is 23.6 Å². The lowest BCUT2D eigenvalue weighted by Crippen LogP contribution is -2.10. The van der Waals surface area contributed by atoms with Crippen molar-refractivity contribution < 1.29 is 4.39 Å². The molecular weight excluding hydrogens is 139 g/mol. The van der Waals surface area contributed by atoms with Crippen LogP contribution in [0, 0.1) is 5.41 Å². The van der Waals surface area contributed by atoms with E-state index in [0.717, 1.165) is 6.42 Å². The van der Waals surface area contributed by atoms with Crippen molar-refractivity contribution in [2.45, 2.75) is 33.6 Å². The first kappa shape index (κ1) is 8.51. The van der Waals surface area contributed by atoms with Gasteiger partial charge in [0.25, 0.3) is 0 Å². The summed E-state index contributed by atoms with van der Waals surface area (Å²) in [6.45, 7) is 6.49. The summed E-state index contributed by atoms with van der Waals surface area (Å²) in [6, 6.07) is 0. The van der Waals surface area contributed by atoms with Crippen molar-refractivity contribution >= 4 is 0 Å². The first-order chi connectivity index (χ1) is 5.00. The van der Waals surface area contributed by atoms with E-state index in [2.05, 4.69) is 20.8 Å². The molecule has 11 heavy (non-hydrogen) atoms. The van der Waals surface area contributed by atoms with Crippen molar-refractivity contribution in [1.29, 1.82) is 0 Å². The van der Waals surface area contributed by atoms with Crippen molar-refractivity contribution in [2.75, 3.05) is 0 Å². The Morgan fingerprint density at radius 3 is 2.18 bits per heavy atom. The summed E-state index contributed by atoms with van der Waals surface area (Å²) in [5, 5.41) is 0. The Bertz CT molecular complexity index is 203. The molecule has 0 aromatic rings. The molecule has 0 aromatic carbocycles. The minimum atomic E-state index is 0.0120. The van der Waals surface area contributed by atoms with Crippen molar-refractivity contribution in [2.24, 2.45) is 5.41 Å². The monoisotopic (exact) mass is 154 g/mol. The average molecular weight is 154 g/mol. The zero-order valence-corrected chi connectivity index (χ0v) is 7.45. The van der Waals surface area contributed by atoms with Crippen LogP contribution >= 0.6 is 0 Å². The molecule has 0 unspecified atom stereocenters. The molecule has 0 heterocycles. The molecule has 0 aliphatic heterocycles. The molecule has 1 rings (SSSR count). The quantitative estimate of drug-likeness (QED) is 0.500. The van der Waals surface area contributed by atoms with Crippen LogP contribution in [0.5, 0.6) is 0 Å². The summed E-state index contributed by atoms with van der Waals surface area (Å²) >= 11 is 0. The van der Waals surface area contributed by atoms with Crippen LogP contribution in [0.2, 0.25) is 0 Å². The second-order valence-electron chi connectivity index (χ2n) is 4.06. The molecule has 1 aliphatic rings. The minimum absolute atomic E-state index is 0.0120. The summed E-state index contributed by atoms with van der Waals surface area (Å²) in [5.74, 6) is 0.0120. The Balaban J connectivity index is 2.77. The van der Waals surface area contributed by atoms with E-state index in [9.17, 15) is 4.39 Å². The number of halogens is 1. The smallest absolute Gasteiger partial charge is 0.100 e. The second-order valence-corrected chi connectivity index (χ2v) is 4.06. The third-order valence-electron chi connectivity index (χ3n) is 2.06. The summed E-state index contributed by atoms with van der Waals surface area (Å²) in [4.78, 5) is 0. The van der Waals surface area contributed by atoms with Crippen LogP contribution in [0.1, 0.15) is 33.6 Å². The van der Waals surface area contributed by atoms with E-state index >= 15 is 0 Å². The van der Waals surface area contributed by atoms with Crippen molar-refractivity contribution in [1.82, 2.24) is 0 Å². The molecule has 0 saturated carbocycles. The molecule has 0 spiro atoms. The zero-order chi connectivity index (χ0) is 8.48. The predicted molar refractivity (Wildman–Crippen MR) is 46.0 cm³/mol. The van der Waals surface area contributed by atoms with Crippen LogP contribution < -0.4 is 0 Å². The first-order valence-electron chi connectivity index (χ1n) is 4.06. The first-order valence-corrected chi connectivity index (χ1v) is 4.06. The molecule has 0 bridgehead atoms. The van der Waals surface area contributed by atoms with E-state index in [0.29, 0.717) is 6.42 Å². The maximum absolute atomic E-state index is 12.6. The van der Waals surface area contributed by atoms with Gasteiger partial charge >= 0.3 is 0 Å². The third kappa shape index (κ3) is 2.18. The summed E-state index contributed by atoms with van der Waals surface area (Å²) in [5.41, 5.74) is 1.55. The highest BCUT2D eigenvalue weighted by Crippen LogP contribution is 2.32. The molecule has 0 nitrogen and oxygen atoms in total. The number of hydrogen-bond donors (Lipinski definition) is 0. The fraction of sp³-hybridized carbons (Fsp3) is 0.600. The van der Waals surface area contributed by atoms with Gasteiger partial charge in [-0.15, -0.1) is 0 Å². The SMILES string of the molecule is CC(C)(C)C1=CC=C(F)CC1. The minimum Gasteiger partial charge on any atom is -0.212 e. The Labute approximate surface area is 67.8 Å². The zero-order valence-electron chi connectivity index (χ0n) is 7.45. The fourth-order valence-corrected chi connectivity index (χ4v) is 1.24. The van der Waals surface area contributed by atoms with Gasteiger partial charge in [0.2, 0.25) is 0 Å². The van der Waals surface area contributed by atoms with Crippen LogP contribution in [-0.2, 0) is 0 Å². The van der Waals surface area contributed by atoms with E-state index in [1.807, 2.05) is 6.08 Å². The van der Waals surface area contributed by atoms with Gasteiger partial charge in [-0.1, -0.05) is 32.4 Å². The third-order valence-corrected chi connectivity index (χ3v) is 2.06. The molecule has 1 aliphatic carbocycles. The van der Waals surface area contributed by atoms with E-state index in [1.165, 1.54) is 5.57 Å². The molecule has 62 valence electrons. The molecule has 0 radical (unpaired) electrons.